The Kier molecular flexibility index (Phi) is 7.53. The number of hydrogen-bond acceptors (Lipinski definition) is 4. The van der Waals surface area contributed by atoms with Gasteiger partial charge in [-0.05, 0) is 67.9 Å². The monoisotopic (exact) mass is 457 g/mol. The van der Waals surface area contributed by atoms with Gasteiger partial charge >= 0.3 is 0 Å². The third kappa shape index (κ3) is 5.10. The summed E-state index contributed by atoms with van der Waals surface area (Å²) >= 11 is 0. The van der Waals surface area contributed by atoms with Crippen molar-refractivity contribution in [1.29, 1.82) is 0 Å². The van der Waals surface area contributed by atoms with Gasteiger partial charge in [-0.3, -0.25) is 9.98 Å². The summed E-state index contributed by atoms with van der Waals surface area (Å²) < 4.78 is 20.6. The Hall–Kier alpha value is -3.31. The molecule has 0 radical (unpaired) electrons. The van der Waals surface area contributed by atoms with Gasteiger partial charge in [-0.1, -0.05) is 43.0 Å². The molecule has 0 amide bonds. The zero-order valence-corrected chi connectivity index (χ0v) is 20.0. The van der Waals surface area contributed by atoms with Gasteiger partial charge in [0.25, 0.3) is 0 Å². The van der Waals surface area contributed by atoms with E-state index in [9.17, 15) is 0 Å². The maximum absolute atomic E-state index is 15.1. The highest BCUT2D eigenvalue weighted by Gasteiger charge is 2.28. The number of likely N-dealkylation sites (N-methyl/N-ethyl adjacent to an activating group) is 1. The van der Waals surface area contributed by atoms with Gasteiger partial charge in [0.15, 0.2) is 0 Å². The Morgan fingerprint density at radius 1 is 1.29 bits per heavy atom. The van der Waals surface area contributed by atoms with Crippen LogP contribution in [0.2, 0.25) is 0 Å². The van der Waals surface area contributed by atoms with Crippen molar-refractivity contribution in [2.75, 3.05) is 13.7 Å². The van der Waals surface area contributed by atoms with E-state index in [-0.39, 0.29) is 17.9 Å². The molecule has 4 rings (SSSR count). The van der Waals surface area contributed by atoms with Crippen LogP contribution >= 0.6 is 0 Å². The number of ether oxygens (including phenoxy) is 1. The zero-order valence-electron chi connectivity index (χ0n) is 20.0. The maximum atomic E-state index is 15.1. The van der Waals surface area contributed by atoms with E-state index in [0.717, 1.165) is 47.4 Å². The summed E-state index contributed by atoms with van der Waals surface area (Å²) in [5.41, 5.74) is 7.04. The molecule has 2 aromatic carbocycles. The molecule has 0 bridgehead atoms. The molecule has 34 heavy (non-hydrogen) atoms. The summed E-state index contributed by atoms with van der Waals surface area (Å²) in [6, 6.07) is 11.8. The van der Waals surface area contributed by atoms with E-state index in [4.69, 9.17) is 9.73 Å². The third-order valence-corrected chi connectivity index (χ3v) is 6.57. The summed E-state index contributed by atoms with van der Waals surface area (Å²) in [5, 5.41) is 3.35. The largest absolute Gasteiger partial charge is 0.489 e. The predicted octanol–water partition coefficient (Wildman–Crippen LogP) is 6.07. The van der Waals surface area contributed by atoms with Gasteiger partial charge in [0.05, 0.1) is 11.8 Å². The molecule has 2 aromatic rings. The van der Waals surface area contributed by atoms with Gasteiger partial charge < -0.3 is 10.1 Å². The van der Waals surface area contributed by atoms with Crippen LogP contribution < -0.4 is 10.1 Å². The maximum Gasteiger partial charge on any atom is 0.130 e. The molecule has 1 N–H and O–H groups in total. The molecule has 2 atom stereocenters. The Balaban J connectivity index is 1.66. The number of rotatable bonds is 8. The molecule has 0 saturated carbocycles. The second-order valence-electron chi connectivity index (χ2n) is 8.77. The molecule has 5 heteroatoms. The van der Waals surface area contributed by atoms with Gasteiger partial charge in [0.1, 0.15) is 18.2 Å². The topological polar surface area (TPSA) is 46.0 Å². The molecule has 0 fully saturated rings. The number of allylic oxidation sites excluding steroid dienone is 2. The minimum absolute atomic E-state index is 0.127. The average Bonchev–Trinajstić information content (AvgIpc) is 3.19. The van der Waals surface area contributed by atoms with Crippen LogP contribution in [-0.2, 0) is 6.42 Å². The fourth-order valence-corrected chi connectivity index (χ4v) is 4.73. The lowest BCUT2D eigenvalue weighted by Gasteiger charge is -2.18. The second-order valence-corrected chi connectivity index (χ2v) is 8.77. The van der Waals surface area contributed by atoms with Crippen LogP contribution in [0.15, 0.2) is 82.5 Å². The number of halogens is 1. The average molecular weight is 458 g/mol. The fourth-order valence-electron chi connectivity index (χ4n) is 4.73. The highest BCUT2D eigenvalue weighted by Crippen LogP contribution is 2.37. The zero-order chi connectivity index (χ0) is 24.1. The third-order valence-electron chi connectivity index (χ3n) is 6.57. The highest BCUT2D eigenvalue weighted by molar-refractivity contribution is 6.15. The summed E-state index contributed by atoms with van der Waals surface area (Å²) in [5.74, 6) is 0.266. The summed E-state index contributed by atoms with van der Waals surface area (Å²) in [4.78, 5) is 9.35. The van der Waals surface area contributed by atoms with E-state index in [2.05, 4.69) is 47.9 Å². The van der Waals surface area contributed by atoms with E-state index >= 15 is 4.39 Å². The number of benzene rings is 2. The van der Waals surface area contributed by atoms with Gasteiger partial charge in [-0.25, -0.2) is 4.39 Å². The minimum atomic E-state index is -0.255. The van der Waals surface area contributed by atoms with E-state index in [1.807, 2.05) is 32.2 Å². The van der Waals surface area contributed by atoms with E-state index in [1.165, 1.54) is 11.6 Å². The first-order valence-corrected chi connectivity index (χ1v) is 11.8. The Morgan fingerprint density at radius 3 is 2.85 bits per heavy atom. The predicted molar refractivity (Wildman–Crippen MR) is 139 cm³/mol. The van der Waals surface area contributed by atoms with Crippen LogP contribution in [0, 0.1) is 12.7 Å². The molecular weight excluding hydrogens is 425 g/mol. The van der Waals surface area contributed by atoms with Gasteiger partial charge in [0.2, 0.25) is 0 Å². The van der Waals surface area contributed by atoms with Crippen molar-refractivity contribution in [3.05, 3.63) is 101 Å². The first-order valence-electron chi connectivity index (χ1n) is 11.8. The van der Waals surface area contributed by atoms with Crippen LogP contribution in [0.4, 0.5) is 4.39 Å². The number of aliphatic imine (C=N–C) groups is 2. The molecular formula is C29H32FN3O. The van der Waals surface area contributed by atoms with Crippen LogP contribution in [0.5, 0.6) is 5.75 Å². The number of hydrogen-bond donors (Lipinski definition) is 1. The SMILES string of the molecule is C=CCOc1cc(C)c(CC2N=C(C3=CCC(N=C)=CC(NC)CC3)c3ccccc32)c(F)c1. The first kappa shape index (κ1) is 23.8. The molecule has 0 aromatic heterocycles. The normalized spacial score (nSPS) is 19.8. The van der Waals surface area contributed by atoms with Crippen molar-refractivity contribution >= 4 is 12.4 Å². The van der Waals surface area contributed by atoms with Crippen molar-refractivity contribution in [2.45, 2.75) is 44.7 Å². The van der Waals surface area contributed by atoms with Crippen LogP contribution in [0.3, 0.4) is 0 Å². The highest BCUT2D eigenvalue weighted by atomic mass is 19.1. The Bertz CT molecular complexity index is 1150. The van der Waals surface area contributed by atoms with Crippen molar-refractivity contribution in [3.8, 4) is 5.75 Å². The van der Waals surface area contributed by atoms with E-state index in [0.29, 0.717) is 24.3 Å². The second kappa shape index (κ2) is 10.7. The lowest BCUT2D eigenvalue weighted by atomic mass is 9.90. The van der Waals surface area contributed by atoms with Crippen molar-refractivity contribution in [3.63, 3.8) is 0 Å². The summed E-state index contributed by atoms with van der Waals surface area (Å²) in [7, 11) is 1.97. The van der Waals surface area contributed by atoms with Gasteiger partial charge in [-0.15, -0.1) is 0 Å². The standard InChI is InChI=1S/C29H32FN3O/c1-5-14-34-23-15-19(2)26(27(30)17-23)18-28-24-8-6-7-9-25(24)29(33-28)20-10-12-21(31-3)16-22(32-4)13-11-20/h5-10,15-17,22,28,32H,1,3,11-14,18H2,2,4H3. The van der Waals surface area contributed by atoms with Crippen molar-refractivity contribution in [1.82, 2.24) is 5.32 Å². The molecule has 4 nitrogen and oxygen atoms in total. The van der Waals surface area contributed by atoms with Gasteiger partial charge in [-0.2, -0.15) is 0 Å². The van der Waals surface area contributed by atoms with E-state index in [1.54, 1.807) is 6.08 Å². The van der Waals surface area contributed by atoms with Crippen molar-refractivity contribution in [2.24, 2.45) is 9.98 Å². The lowest BCUT2D eigenvalue weighted by Crippen LogP contribution is -2.24. The van der Waals surface area contributed by atoms with Gasteiger partial charge in [0, 0.05) is 36.2 Å². The molecule has 1 aliphatic carbocycles. The van der Waals surface area contributed by atoms with Crippen LogP contribution in [-0.4, -0.2) is 32.1 Å². The Morgan fingerprint density at radius 2 is 2.12 bits per heavy atom. The quantitative estimate of drug-likeness (QED) is 0.386. The summed E-state index contributed by atoms with van der Waals surface area (Å²) in [6.45, 7) is 9.65. The number of nitrogens with one attached hydrogen (secondary N) is 1. The summed E-state index contributed by atoms with van der Waals surface area (Å²) in [6.07, 6.45) is 9.12. The smallest absolute Gasteiger partial charge is 0.130 e. The molecule has 0 spiro atoms. The number of fused-ring (bicyclic) bond motifs is 1. The molecule has 1 heterocycles. The molecule has 2 aliphatic rings. The van der Waals surface area contributed by atoms with Crippen LogP contribution in [0.1, 0.15) is 47.6 Å². The number of aryl methyl sites for hydroxylation is 1. The number of nitrogens with zero attached hydrogens (tertiary/aromatic N) is 2. The Labute approximate surface area is 201 Å². The molecule has 1 aliphatic heterocycles. The van der Waals surface area contributed by atoms with E-state index < -0.39 is 0 Å². The molecule has 176 valence electrons. The minimum Gasteiger partial charge on any atom is -0.489 e. The molecule has 0 saturated heterocycles. The fraction of sp³-hybridized carbons (Fsp3) is 0.310. The van der Waals surface area contributed by atoms with Crippen LogP contribution in [0.25, 0.3) is 0 Å². The lowest BCUT2D eigenvalue weighted by molar-refractivity contribution is 0.360. The molecule has 2 unspecified atom stereocenters. The first-order chi connectivity index (χ1) is 16.5. The van der Waals surface area contributed by atoms with Crippen molar-refractivity contribution < 1.29 is 9.13 Å².